The molecule has 0 saturated carbocycles. The molecule has 0 aliphatic heterocycles. The SMILES string of the molecule is CC(C)(C)CC(C)(C)N(CCN(CC(=O)O)CC(=O)O)CC(=O)O. The summed E-state index contributed by atoms with van der Waals surface area (Å²) in [6.07, 6.45) is 0.741. The van der Waals surface area contributed by atoms with Gasteiger partial charge in [-0.05, 0) is 25.7 Å². The highest BCUT2D eigenvalue weighted by atomic mass is 16.4. The molecule has 0 aromatic heterocycles. The van der Waals surface area contributed by atoms with Crippen LogP contribution < -0.4 is 0 Å². The average molecular weight is 346 g/mol. The van der Waals surface area contributed by atoms with Crippen molar-refractivity contribution in [1.29, 1.82) is 0 Å². The van der Waals surface area contributed by atoms with Crippen LogP contribution in [-0.2, 0) is 14.4 Å². The van der Waals surface area contributed by atoms with Gasteiger partial charge in [-0.25, -0.2) is 0 Å². The molecule has 140 valence electrons. The van der Waals surface area contributed by atoms with Gasteiger partial charge < -0.3 is 15.3 Å². The molecule has 0 rings (SSSR count). The van der Waals surface area contributed by atoms with Gasteiger partial charge in [0.15, 0.2) is 0 Å². The van der Waals surface area contributed by atoms with Crippen LogP contribution in [-0.4, -0.2) is 81.3 Å². The molecule has 0 radical (unpaired) electrons. The van der Waals surface area contributed by atoms with E-state index in [1.165, 1.54) is 4.90 Å². The van der Waals surface area contributed by atoms with Crippen LogP contribution in [0.3, 0.4) is 0 Å². The van der Waals surface area contributed by atoms with Gasteiger partial charge in [-0.3, -0.25) is 24.2 Å². The molecule has 0 fully saturated rings. The minimum Gasteiger partial charge on any atom is -0.480 e. The fourth-order valence-corrected chi connectivity index (χ4v) is 3.03. The molecule has 0 amide bonds. The molecule has 3 N–H and O–H groups in total. The molecule has 0 unspecified atom stereocenters. The molecule has 8 nitrogen and oxygen atoms in total. The number of aliphatic carboxylic acids is 3. The lowest BCUT2D eigenvalue weighted by Crippen LogP contribution is -2.51. The van der Waals surface area contributed by atoms with Crippen LogP contribution in [0.25, 0.3) is 0 Å². The summed E-state index contributed by atoms with van der Waals surface area (Å²) < 4.78 is 0. The molecule has 0 saturated heterocycles. The van der Waals surface area contributed by atoms with Crippen LogP contribution in [0.4, 0.5) is 0 Å². The largest absolute Gasteiger partial charge is 0.480 e. The zero-order valence-corrected chi connectivity index (χ0v) is 15.2. The molecule has 0 heterocycles. The molecule has 0 atom stereocenters. The standard InChI is InChI=1S/C16H30N2O6/c1-15(2,3)11-16(4,5)18(10-14(23)24)7-6-17(8-12(19)20)9-13(21)22/h6-11H2,1-5H3,(H,19,20)(H,21,22)(H,23,24). The summed E-state index contributed by atoms with van der Waals surface area (Å²) in [5, 5.41) is 26.9. The summed E-state index contributed by atoms with van der Waals surface area (Å²) in [6, 6.07) is 0. The van der Waals surface area contributed by atoms with Crippen LogP contribution in [0, 0.1) is 5.41 Å². The van der Waals surface area contributed by atoms with Crippen molar-refractivity contribution in [3.63, 3.8) is 0 Å². The van der Waals surface area contributed by atoms with Crippen molar-refractivity contribution in [3.05, 3.63) is 0 Å². The zero-order valence-electron chi connectivity index (χ0n) is 15.2. The third-order valence-corrected chi connectivity index (χ3v) is 3.55. The fourth-order valence-electron chi connectivity index (χ4n) is 3.03. The van der Waals surface area contributed by atoms with Gasteiger partial charge in [-0.15, -0.1) is 0 Å². The van der Waals surface area contributed by atoms with Crippen LogP contribution >= 0.6 is 0 Å². The summed E-state index contributed by atoms with van der Waals surface area (Å²) in [5.41, 5.74) is -0.434. The van der Waals surface area contributed by atoms with Crippen LogP contribution in [0.2, 0.25) is 0 Å². The maximum absolute atomic E-state index is 11.2. The molecular weight excluding hydrogens is 316 g/mol. The summed E-state index contributed by atoms with van der Waals surface area (Å²) in [4.78, 5) is 35.9. The number of carboxylic acids is 3. The van der Waals surface area contributed by atoms with Crippen LogP contribution in [0.15, 0.2) is 0 Å². The van der Waals surface area contributed by atoms with Crippen LogP contribution in [0.1, 0.15) is 41.0 Å². The van der Waals surface area contributed by atoms with E-state index >= 15 is 0 Å². The first kappa shape index (κ1) is 22.3. The third-order valence-electron chi connectivity index (χ3n) is 3.55. The molecule has 0 aliphatic carbocycles. The maximum atomic E-state index is 11.2. The summed E-state index contributed by atoms with van der Waals surface area (Å²) in [6.45, 7) is 9.55. The predicted molar refractivity (Wildman–Crippen MR) is 89.1 cm³/mol. The minimum atomic E-state index is -1.12. The highest BCUT2D eigenvalue weighted by Gasteiger charge is 2.33. The first-order valence-electron chi connectivity index (χ1n) is 7.86. The van der Waals surface area contributed by atoms with Crippen molar-refractivity contribution in [2.75, 3.05) is 32.7 Å². The quantitative estimate of drug-likeness (QED) is 0.508. The van der Waals surface area contributed by atoms with Crippen molar-refractivity contribution in [1.82, 2.24) is 9.80 Å². The van der Waals surface area contributed by atoms with Gasteiger partial charge in [0.1, 0.15) is 0 Å². The van der Waals surface area contributed by atoms with E-state index in [0.717, 1.165) is 6.42 Å². The van der Waals surface area contributed by atoms with E-state index in [0.29, 0.717) is 0 Å². The Morgan fingerprint density at radius 1 is 0.750 bits per heavy atom. The Kier molecular flexibility index (Phi) is 8.36. The molecule has 0 aliphatic rings. The van der Waals surface area contributed by atoms with Gasteiger partial charge in [0.2, 0.25) is 0 Å². The first-order chi connectivity index (χ1) is 10.7. The van der Waals surface area contributed by atoms with Crippen molar-refractivity contribution < 1.29 is 29.7 Å². The van der Waals surface area contributed by atoms with Gasteiger partial charge >= 0.3 is 17.9 Å². The second-order valence-corrected chi connectivity index (χ2v) is 7.86. The number of nitrogens with zero attached hydrogens (tertiary/aromatic N) is 2. The predicted octanol–water partition coefficient (Wildman–Crippen LogP) is 1.06. The monoisotopic (exact) mass is 346 g/mol. The zero-order chi connectivity index (χ0) is 19.1. The topological polar surface area (TPSA) is 118 Å². The number of rotatable bonds is 11. The lowest BCUT2D eigenvalue weighted by molar-refractivity contribution is -0.144. The Morgan fingerprint density at radius 2 is 1.17 bits per heavy atom. The van der Waals surface area contributed by atoms with E-state index in [9.17, 15) is 14.4 Å². The molecule has 0 spiro atoms. The number of hydrogen-bond acceptors (Lipinski definition) is 5. The van der Waals surface area contributed by atoms with Crippen LogP contribution in [0.5, 0.6) is 0 Å². The number of carbonyl (C=O) groups is 3. The highest BCUT2D eigenvalue weighted by molar-refractivity contribution is 5.72. The normalized spacial score (nSPS) is 12.6. The van der Waals surface area contributed by atoms with Gasteiger partial charge in [0.05, 0.1) is 19.6 Å². The van der Waals surface area contributed by atoms with E-state index in [-0.39, 0.29) is 25.0 Å². The summed E-state index contributed by atoms with van der Waals surface area (Å²) in [7, 11) is 0. The van der Waals surface area contributed by atoms with Crippen molar-refractivity contribution in [2.45, 2.75) is 46.6 Å². The first-order valence-corrected chi connectivity index (χ1v) is 7.86. The van der Waals surface area contributed by atoms with E-state index in [2.05, 4.69) is 20.8 Å². The second-order valence-electron chi connectivity index (χ2n) is 7.86. The molecular formula is C16H30N2O6. The number of hydrogen-bond donors (Lipinski definition) is 3. The Hall–Kier alpha value is -1.67. The lowest BCUT2D eigenvalue weighted by Gasteiger charge is -2.42. The van der Waals surface area contributed by atoms with E-state index in [4.69, 9.17) is 15.3 Å². The Labute approximate surface area is 143 Å². The second kappa shape index (κ2) is 8.98. The van der Waals surface area contributed by atoms with E-state index in [1.54, 1.807) is 4.90 Å². The van der Waals surface area contributed by atoms with Crippen molar-refractivity contribution >= 4 is 17.9 Å². The molecule has 0 aromatic rings. The van der Waals surface area contributed by atoms with Crippen molar-refractivity contribution in [3.8, 4) is 0 Å². The van der Waals surface area contributed by atoms with Gasteiger partial charge in [-0.1, -0.05) is 20.8 Å². The maximum Gasteiger partial charge on any atom is 0.317 e. The van der Waals surface area contributed by atoms with E-state index in [1.807, 2.05) is 13.8 Å². The minimum absolute atomic E-state index is 0.0118. The van der Waals surface area contributed by atoms with E-state index < -0.39 is 36.5 Å². The third kappa shape index (κ3) is 10.2. The highest BCUT2D eigenvalue weighted by Crippen LogP contribution is 2.31. The Balaban J connectivity index is 5.07. The Bertz CT molecular complexity index is 440. The average Bonchev–Trinajstić information content (AvgIpc) is 2.28. The molecule has 24 heavy (non-hydrogen) atoms. The molecule has 0 aromatic carbocycles. The van der Waals surface area contributed by atoms with Gasteiger partial charge in [-0.2, -0.15) is 0 Å². The summed E-state index contributed by atoms with van der Waals surface area (Å²) in [5.74, 6) is -3.20. The summed E-state index contributed by atoms with van der Waals surface area (Å²) >= 11 is 0. The van der Waals surface area contributed by atoms with Crippen molar-refractivity contribution in [2.24, 2.45) is 5.41 Å². The fraction of sp³-hybridized carbons (Fsp3) is 0.812. The molecule has 0 bridgehead atoms. The number of carboxylic acid groups (broad SMARTS) is 3. The van der Waals surface area contributed by atoms with Gasteiger partial charge in [0.25, 0.3) is 0 Å². The van der Waals surface area contributed by atoms with Gasteiger partial charge in [0, 0.05) is 18.6 Å². The Morgan fingerprint density at radius 3 is 1.50 bits per heavy atom. The smallest absolute Gasteiger partial charge is 0.317 e. The lowest BCUT2D eigenvalue weighted by atomic mass is 9.80. The molecule has 8 heteroatoms.